The van der Waals surface area contributed by atoms with E-state index in [1.54, 1.807) is 0 Å². The second-order valence-corrected chi connectivity index (χ2v) is 6.03. The summed E-state index contributed by atoms with van der Waals surface area (Å²) in [4.78, 5) is 23.7. The van der Waals surface area contributed by atoms with Crippen molar-refractivity contribution in [3.05, 3.63) is 35.4 Å². The van der Waals surface area contributed by atoms with Crippen LogP contribution in [0, 0.1) is 5.92 Å². The van der Waals surface area contributed by atoms with Gasteiger partial charge in [-0.1, -0.05) is 38.1 Å². The first-order valence-corrected chi connectivity index (χ1v) is 8.06. The third-order valence-corrected chi connectivity index (χ3v) is 3.42. The second-order valence-electron chi connectivity index (χ2n) is 6.03. The largest absolute Gasteiger partial charge is 0.356 e. The van der Waals surface area contributed by atoms with Crippen LogP contribution in [0.15, 0.2) is 24.3 Å². The number of benzene rings is 1. The third kappa shape index (κ3) is 9.36. The van der Waals surface area contributed by atoms with Crippen LogP contribution in [0.3, 0.4) is 0 Å². The van der Waals surface area contributed by atoms with Crippen molar-refractivity contribution >= 4 is 24.1 Å². The Morgan fingerprint density at radius 2 is 1.70 bits per heavy atom. The van der Waals surface area contributed by atoms with Gasteiger partial charge in [-0.25, -0.2) is 0 Å². The van der Waals surface area contributed by atoms with Crippen molar-refractivity contribution < 1.29 is 9.59 Å². The molecule has 5 heteroatoms. The van der Waals surface area contributed by atoms with E-state index < -0.39 is 0 Å². The van der Waals surface area contributed by atoms with Gasteiger partial charge in [0, 0.05) is 24.9 Å². The molecule has 0 saturated heterocycles. The smallest absolute Gasteiger partial charge is 0.220 e. The molecule has 0 unspecified atom stereocenters. The fourth-order valence-corrected chi connectivity index (χ4v) is 2.25. The Morgan fingerprint density at radius 3 is 2.26 bits per heavy atom. The number of ketones is 1. The Kier molecular flexibility index (Phi) is 11.4. The summed E-state index contributed by atoms with van der Waals surface area (Å²) in [5, 5.41) is 5.85. The molecule has 1 rings (SSSR count). The van der Waals surface area contributed by atoms with E-state index in [9.17, 15) is 9.59 Å². The maximum Gasteiger partial charge on any atom is 0.220 e. The van der Waals surface area contributed by atoms with Crippen LogP contribution in [0.1, 0.15) is 49.0 Å². The highest BCUT2D eigenvalue weighted by Gasteiger charge is 2.09. The zero-order valence-corrected chi connectivity index (χ0v) is 15.2. The maximum atomic E-state index is 12.1. The van der Waals surface area contributed by atoms with E-state index >= 15 is 0 Å². The lowest BCUT2D eigenvalue weighted by Gasteiger charge is -2.07. The molecule has 4 nitrogen and oxygen atoms in total. The van der Waals surface area contributed by atoms with Crippen molar-refractivity contribution in [1.82, 2.24) is 10.6 Å². The Morgan fingerprint density at radius 1 is 1.04 bits per heavy atom. The Hall–Kier alpha value is -1.39. The van der Waals surface area contributed by atoms with E-state index in [1.807, 2.05) is 31.3 Å². The van der Waals surface area contributed by atoms with E-state index in [-0.39, 0.29) is 36.9 Å². The van der Waals surface area contributed by atoms with Crippen LogP contribution in [0.2, 0.25) is 0 Å². The van der Waals surface area contributed by atoms with E-state index in [0.29, 0.717) is 18.0 Å². The summed E-state index contributed by atoms with van der Waals surface area (Å²) in [6.07, 6.45) is 2.44. The van der Waals surface area contributed by atoms with Gasteiger partial charge < -0.3 is 10.6 Å². The zero-order valence-electron chi connectivity index (χ0n) is 14.4. The summed E-state index contributed by atoms with van der Waals surface area (Å²) in [5.41, 5.74) is 1.93. The predicted octanol–water partition coefficient (Wildman–Crippen LogP) is 3.00. The van der Waals surface area contributed by atoms with Gasteiger partial charge in [-0.05, 0) is 37.9 Å². The molecule has 1 aromatic rings. The molecule has 0 aliphatic heterocycles. The monoisotopic (exact) mass is 340 g/mol. The summed E-state index contributed by atoms with van der Waals surface area (Å²) in [7, 11) is 1.88. The molecule has 1 amide bonds. The van der Waals surface area contributed by atoms with Gasteiger partial charge in [0.25, 0.3) is 0 Å². The van der Waals surface area contributed by atoms with Gasteiger partial charge in [0.05, 0.1) is 0 Å². The summed E-state index contributed by atoms with van der Waals surface area (Å²) in [6, 6.07) is 7.74. The predicted molar refractivity (Wildman–Crippen MR) is 97.3 cm³/mol. The lowest BCUT2D eigenvalue weighted by Crippen LogP contribution is -2.26. The summed E-state index contributed by atoms with van der Waals surface area (Å²) in [6.45, 7) is 5.88. The van der Waals surface area contributed by atoms with E-state index in [2.05, 4.69) is 24.5 Å². The molecule has 0 aliphatic carbocycles. The molecule has 0 fully saturated rings. The summed E-state index contributed by atoms with van der Waals surface area (Å²) in [5.74, 6) is 0.579. The van der Waals surface area contributed by atoms with Crippen molar-refractivity contribution in [2.24, 2.45) is 5.92 Å². The molecule has 0 aromatic heterocycles. The fourth-order valence-electron chi connectivity index (χ4n) is 2.25. The van der Waals surface area contributed by atoms with Crippen LogP contribution < -0.4 is 10.6 Å². The SMILES string of the molecule is CNCCCNC(=O)CCC(=O)c1ccc(CC(C)C)cc1.Cl. The third-order valence-electron chi connectivity index (χ3n) is 3.42. The average Bonchev–Trinajstić information content (AvgIpc) is 2.49. The molecule has 0 spiro atoms. The van der Waals surface area contributed by atoms with Crippen LogP contribution in [-0.4, -0.2) is 31.8 Å². The molecule has 0 aliphatic rings. The minimum atomic E-state index is -0.0547. The number of halogens is 1. The van der Waals surface area contributed by atoms with Crippen molar-refractivity contribution in [3.63, 3.8) is 0 Å². The summed E-state index contributed by atoms with van der Waals surface area (Å²) < 4.78 is 0. The number of rotatable bonds is 10. The minimum Gasteiger partial charge on any atom is -0.356 e. The van der Waals surface area contributed by atoms with Gasteiger partial charge in [-0.15, -0.1) is 12.4 Å². The minimum absolute atomic E-state index is 0. The van der Waals surface area contributed by atoms with Crippen LogP contribution >= 0.6 is 12.4 Å². The van der Waals surface area contributed by atoms with E-state index in [1.165, 1.54) is 5.56 Å². The quantitative estimate of drug-likeness (QED) is 0.508. The molecule has 0 bridgehead atoms. The molecule has 1 aromatic carbocycles. The first kappa shape index (κ1) is 21.6. The molecule has 23 heavy (non-hydrogen) atoms. The van der Waals surface area contributed by atoms with Gasteiger partial charge in [-0.2, -0.15) is 0 Å². The summed E-state index contributed by atoms with van der Waals surface area (Å²) >= 11 is 0. The normalized spacial score (nSPS) is 10.3. The average molecular weight is 341 g/mol. The van der Waals surface area contributed by atoms with Gasteiger partial charge in [0.1, 0.15) is 0 Å². The van der Waals surface area contributed by atoms with Gasteiger partial charge >= 0.3 is 0 Å². The number of Topliss-reactive ketones (excluding diaryl/α,β-unsaturated/α-hetero) is 1. The molecular weight excluding hydrogens is 312 g/mol. The Balaban J connectivity index is 0.00000484. The molecule has 0 atom stereocenters. The molecular formula is C18H29ClN2O2. The highest BCUT2D eigenvalue weighted by molar-refractivity contribution is 5.97. The number of hydrogen-bond donors (Lipinski definition) is 2. The van der Waals surface area contributed by atoms with E-state index in [4.69, 9.17) is 0 Å². The van der Waals surface area contributed by atoms with Gasteiger partial charge in [0.15, 0.2) is 5.78 Å². The number of nitrogens with one attached hydrogen (secondary N) is 2. The fraction of sp³-hybridized carbons (Fsp3) is 0.556. The molecule has 0 heterocycles. The van der Waals surface area contributed by atoms with Crippen molar-refractivity contribution in [2.75, 3.05) is 20.1 Å². The van der Waals surface area contributed by atoms with Crippen LogP contribution in [0.4, 0.5) is 0 Å². The van der Waals surface area contributed by atoms with Crippen LogP contribution in [0.25, 0.3) is 0 Å². The van der Waals surface area contributed by atoms with Gasteiger partial charge in [-0.3, -0.25) is 9.59 Å². The first-order valence-electron chi connectivity index (χ1n) is 8.06. The van der Waals surface area contributed by atoms with Crippen molar-refractivity contribution in [1.29, 1.82) is 0 Å². The number of carbonyl (C=O) groups excluding carboxylic acids is 2. The molecule has 0 saturated carbocycles. The molecule has 2 N–H and O–H groups in total. The van der Waals surface area contributed by atoms with Crippen molar-refractivity contribution in [2.45, 2.75) is 39.5 Å². The topological polar surface area (TPSA) is 58.2 Å². The molecule has 130 valence electrons. The Bertz CT molecular complexity index is 472. The van der Waals surface area contributed by atoms with Crippen LogP contribution in [0.5, 0.6) is 0 Å². The maximum absolute atomic E-state index is 12.1. The Labute approximate surface area is 145 Å². The van der Waals surface area contributed by atoms with Crippen molar-refractivity contribution in [3.8, 4) is 0 Å². The lowest BCUT2D eigenvalue weighted by atomic mass is 9.99. The second kappa shape index (κ2) is 12.1. The number of hydrogen-bond acceptors (Lipinski definition) is 3. The molecule has 0 radical (unpaired) electrons. The zero-order chi connectivity index (χ0) is 16.4. The highest BCUT2D eigenvalue weighted by Crippen LogP contribution is 2.11. The standard InChI is InChI=1S/C18H28N2O2.ClH/c1-14(2)13-15-5-7-16(8-6-15)17(21)9-10-18(22)20-12-4-11-19-3;/h5-8,14,19H,4,9-13H2,1-3H3,(H,20,22);1H. The van der Waals surface area contributed by atoms with E-state index in [0.717, 1.165) is 19.4 Å². The highest BCUT2D eigenvalue weighted by atomic mass is 35.5. The lowest BCUT2D eigenvalue weighted by molar-refractivity contribution is -0.121. The van der Waals surface area contributed by atoms with Gasteiger partial charge in [0.2, 0.25) is 5.91 Å². The first-order chi connectivity index (χ1) is 10.5. The van der Waals surface area contributed by atoms with Crippen LogP contribution in [-0.2, 0) is 11.2 Å². The number of carbonyl (C=O) groups is 2. The number of amides is 1.